The van der Waals surface area contributed by atoms with Gasteiger partial charge < -0.3 is 10.8 Å². The second-order valence-corrected chi connectivity index (χ2v) is 5.55. The molecule has 4 aromatic rings. The van der Waals surface area contributed by atoms with Crippen LogP contribution in [0.15, 0.2) is 72.8 Å². The molecule has 0 bridgehead atoms. The van der Waals surface area contributed by atoms with Crippen molar-refractivity contribution < 1.29 is 5.11 Å². The van der Waals surface area contributed by atoms with Crippen molar-refractivity contribution in [1.29, 1.82) is 0 Å². The molecule has 4 heteroatoms. The number of rotatable bonds is 2. The van der Waals surface area contributed by atoms with Gasteiger partial charge in [-0.3, -0.25) is 0 Å². The van der Waals surface area contributed by atoms with Crippen LogP contribution < -0.4 is 5.73 Å². The van der Waals surface area contributed by atoms with Gasteiger partial charge in [0, 0.05) is 16.8 Å². The van der Waals surface area contributed by atoms with Crippen molar-refractivity contribution in [3.05, 3.63) is 72.8 Å². The van der Waals surface area contributed by atoms with E-state index >= 15 is 0 Å². The normalized spacial score (nSPS) is 10.8. The summed E-state index contributed by atoms with van der Waals surface area (Å²) >= 11 is 0. The number of aromatic nitrogens is 2. The standard InChI is InChI=1S/C20H15N3O/c21-15-11-9-14(10-12-15)19-18(13-5-2-1-3-6-13)22-16-7-4-8-17(24)20(16)23-19/h1-12,24H,21H2. The maximum absolute atomic E-state index is 10.1. The Bertz CT molecular complexity index is 1010. The van der Waals surface area contributed by atoms with Crippen molar-refractivity contribution in [2.75, 3.05) is 5.73 Å². The molecule has 0 saturated carbocycles. The fraction of sp³-hybridized carbons (Fsp3) is 0. The highest BCUT2D eigenvalue weighted by molar-refractivity contribution is 5.89. The molecule has 0 saturated heterocycles. The number of phenolic OH excluding ortho intramolecular Hbond substituents is 1. The number of aromatic hydroxyl groups is 1. The van der Waals surface area contributed by atoms with Crippen LogP contribution in [0, 0.1) is 0 Å². The van der Waals surface area contributed by atoms with Gasteiger partial charge in [0.25, 0.3) is 0 Å². The van der Waals surface area contributed by atoms with Crippen LogP contribution in [0.5, 0.6) is 5.75 Å². The first-order valence-corrected chi connectivity index (χ1v) is 7.63. The summed E-state index contributed by atoms with van der Waals surface area (Å²) in [4.78, 5) is 9.45. The number of benzene rings is 3. The zero-order valence-corrected chi connectivity index (χ0v) is 12.8. The van der Waals surface area contributed by atoms with E-state index in [2.05, 4.69) is 0 Å². The molecule has 0 aliphatic carbocycles. The SMILES string of the molecule is Nc1ccc(-c2nc3c(O)cccc3nc2-c2ccccc2)cc1. The van der Waals surface area contributed by atoms with Crippen LogP contribution in [-0.2, 0) is 0 Å². The fourth-order valence-electron chi connectivity index (χ4n) is 2.70. The van der Waals surface area contributed by atoms with Gasteiger partial charge >= 0.3 is 0 Å². The molecule has 4 rings (SSSR count). The molecule has 1 aromatic heterocycles. The van der Waals surface area contributed by atoms with Gasteiger partial charge in [0.15, 0.2) is 0 Å². The molecule has 0 amide bonds. The molecule has 116 valence electrons. The predicted octanol–water partition coefficient (Wildman–Crippen LogP) is 4.25. The van der Waals surface area contributed by atoms with Crippen molar-refractivity contribution in [2.45, 2.75) is 0 Å². The minimum absolute atomic E-state index is 0.122. The van der Waals surface area contributed by atoms with E-state index in [9.17, 15) is 5.11 Å². The molecule has 0 aliphatic heterocycles. The lowest BCUT2D eigenvalue weighted by Crippen LogP contribution is -1.96. The van der Waals surface area contributed by atoms with Gasteiger partial charge in [-0.2, -0.15) is 0 Å². The summed E-state index contributed by atoms with van der Waals surface area (Å²) in [6, 6.07) is 22.6. The Morgan fingerprint density at radius 2 is 1.33 bits per heavy atom. The van der Waals surface area contributed by atoms with Crippen molar-refractivity contribution in [3.8, 4) is 28.3 Å². The molecule has 24 heavy (non-hydrogen) atoms. The van der Waals surface area contributed by atoms with Gasteiger partial charge in [-0.25, -0.2) is 9.97 Å². The third-order valence-corrected chi connectivity index (χ3v) is 3.90. The predicted molar refractivity (Wildman–Crippen MR) is 96.5 cm³/mol. The molecule has 0 unspecified atom stereocenters. The molecular weight excluding hydrogens is 298 g/mol. The van der Waals surface area contributed by atoms with Crippen LogP contribution in [0.4, 0.5) is 5.69 Å². The molecule has 0 fully saturated rings. The van der Waals surface area contributed by atoms with E-state index in [-0.39, 0.29) is 5.75 Å². The van der Waals surface area contributed by atoms with Gasteiger partial charge in [0.2, 0.25) is 0 Å². The third-order valence-electron chi connectivity index (χ3n) is 3.90. The van der Waals surface area contributed by atoms with Crippen LogP contribution in [0.3, 0.4) is 0 Å². The summed E-state index contributed by atoms with van der Waals surface area (Å²) in [7, 11) is 0. The first kappa shape index (κ1) is 14.2. The molecule has 4 nitrogen and oxygen atoms in total. The van der Waals surface area contributed by atoms with Crippen LogP contribution in [-0.4, -0.2) is 15.1 Å². The molecule has 1 heterocycles. The Labute approximate surface area is 139 Å². The number of para-hydroxylation sites is 1. The molecule has 0 aliphatic rings. The minimum atomic E-state index is 0.122. The minimum Gasteiger partial charge on any atom is -0.506 e. The zero-order valence-electron chi connectivity index (χ0n) is 12.8. The van der Waals surface area contributed by atoms with E-state index in [0.29, 0.717) is 16.7 Å². The maximum atomic E-state index is 10.1. The van der Waals surface area contributed by atoms with Crippen LogP contribution in [0.25, 0.3) is 33.5 Å². The first-order chi connectivity index (χ1) is 11.7. The monoisotopic (exact) mass is 313 g/mol. The summed E-state index contributed by atoms with van der Waals surface area (Å²) in [5, 5.41) is 10.1. The zero-order chi connectivity index (χ0) is 16.5. The van der Waals surface area contributed by atoms with Gasteiger partial charge in [0.05, 0.1) is 16.9 Å². The summed E-state index contributed by atoms with van der Waals surface area (Å²) < 4.78 is 0. The lowest BCUT2D eigenvalue weighted by molar-refractivity contribution is 0.480. The molecular formula is C20H15N3O. The average molecular weight is 313 g/mol. The summed E-state index contributed by atoms with van der Waals surface area (Å²) in [5.41, 5.74) is 11.0. The Hall–Kier alpha value is -3.40. The highest BCUT2D eigenvalue weighted by Crippen LogP contribution is 2.33. The maximum Gasteiger partial charge on any atom is 0.143 e. The van der Waals surface area contributed by atoms with Crippen LogP contribution in [0.1, 0.15) is 0 Å². The van der Waals surface area contributed by atoms with Crippen molar-refractivity contribution >= 4 is 16.7 Å². The highest BCUT2D eigenvalue weighted by atomic mass is 16.3. The number of nitrogens with zero attached hydrogens (tertiary/aromatic N) is 2. The van der Waals surface area contributed by atoms with E-state index in [1.165, 1.54) is 0 Å². The summed E-state index contributed by atoms with van der Waals surface area (Å²) in [6.07, 6.45) is 0. The topological polar surface area (TPSA) is 72.0 Å². The number of hydrogen-bond acceptors (Lipinski definition) is 4. The molecule has 3 N–H and O–H groups in total. The number of fused-ring (bicyclic) bond motifs is 1. The lowest BCUT2D eigenvalue weighted by atomic mass is 10.0. The van der Waals surface area contributed by atoms with Gasteiger partial charge in [0.1, 0.15) is 11.3 Å². The van der Waals surface area contributed by atoms with E-state index in [4.69, 9.17) is 15.7 Å². The van der Waals surface area contributed by atoms with Gasteiger partial charge in [-0.15, -0.1) is 0 Å². The van der Waals surface area contributed by atoms with E-state index < -0.39 is 0 Å². The molecule has 3 aromatic carbocycles. The quantitative estimate of drug-likeness (QED) is 0.543. The molecule has 0 spiro atoms. The summed E-state index contributed by atoms with van der Waals surface area (Å²) in [5.74, 6) is 0.122. The molecule has 0 radical (unpaired) electrons. The number of phenols is 1. The molecule has 0 atom stereocenters. The average Bonchev–Trinajstić information content (AvgIpc) is 2.63. The Morgan fingerprint density at radius 1 is 0.667 bits per heavy atom. The number of anilines is 1. The highest BCUT2D eigenvalue weighted by Gasteiger charge is 2.14. The number of nitrogen functional groups attached to an aromatic ring is 1. The number of hydrogen-bond donors (Lipinski definition) is 2. The Kier molecular flexibility index (Phi) is 3.35. The lowest BCUT2D eigenvalue weighted by Gasteiger charge is -2.11. The van der Waals surface area contributed by atoms with Crippen molar-refractivity contribution in [3.63, 3.8) is 0 Å². The first-order valence-electron chi connectivity index (χ1n) is 7.63. The van der Waals surface area contributed by atoms with E-state index in [1.54, 1.807) is 12.1 Å². The van der Waals surface area contributed by atoms with Crippen LogP contribution >= 0.6 is 0 Å². The fourth-order valence-corrected chi connectivity index (χ4v) is 2.70. The van der Waals surface area contributed by atoms with E-state index in [0.717, 1.165) is 22.5 Å². The summed E-state index contributed by atoms with van der Waals surface area (Å²) in [6.45, 7) is 0. The Morgan fingerprint density at radius 3 is 2.08 bits per heavy atom. The second-order valence-electron chi connectivity index (χ2n) is 5.55. The van der Waals surface area contributed by atoms with Crippen molar-refractivity contribution in [1.82, 2.24) is 9.97 Å². The van der Waals surface area contributed by atoms with Crippen molar-refractivity contribution in [2.24, 2.45) is 0 Å². The van der Waals surface area contributed by atoms with E-state index in [1.807, 2.05) is 60.7 Å². The van der Waals surface area contributed by atoms with Gasteiger partial charge in [-0.05, 0) is 24.3 Å². The second kappa shape index (κ2) is 5.66. The van der Waals surface area contributed by atoms with Crippen LogP contribution in [0.2, 0.25) is 0 Å². The third kappa shape index (κ3) is 2.44. The van der Waals surface area contributed by atoms with Gasteiger partial charge in [-0.1, -0.05) is 48.5 Å². The number of nitrogens with two attached hydrogens (primary N) is 1. The Balaban J connectivity index is 2.05. The smallest absolute Gasteiger partial charge is 0.143 e. The largest absolute Gasteiger partial charge is 0.506 e.